The van der Waals surface area contributed by atoms with Gasteiger partial charge in [0.2, 0.25) is 0 Å². The summed E-state index contributed by atoms with van der Waals surface area (Å²) in [6, 6.07) is 3.28. The van der Waals surface area contributed by atoms with Crippen LogP contribution in [0.2, 0.25) is 10.0 Å². The van der Waals surface area contributed by atoms with E-state index in [2.05, 4.69) is 6.92 Å². The summed E-state index contributed by atoms with van der Waals surface area (Å²) >= 11 is 14.0. The van der Waals surface area contributed by atoms with Gasteiger partial charge in [-0.2, -0.15) is 0 Å². The van der Waals surface area contributed by atoms with Gasteiger partial charge >= 0.3 is 0 Å². The van der Waals surface area contributed by atoms with Crippen LogP contribution in [0.3, 0.4) is 0 Å². The molecule has 1 fully saturated rings. The van der Waals surface area contributed by atoms with Crippen LogP contribution in [0.1, 0.15) is 43.0 Å². The minimum absolute atomic E-state index is 0.124. The van der Waals surface area contributed by atoms with Gasteiger partial charge in [0.05, 0.1) is 10.0 Å². The Kier molecular flexibility index (Phi) is 6.07. The second-order valence-corrected chi connectivity index (χ2v) is 7.06. The summed E-state index contributed by atoms with van der Waals surface area (Å²) in [7, 11) is 0. The third-order valence-corrected chi connectivity index (χ3v) is 5.78. The first-order chi connectivity index (χ1) is 10.5. The van der Waals surface area contributed by atoms with Crippen molar-refractivity contribution in [3.8, 4) is 0 Å². The van der Waals surface area contributed by atoms with Crippen LogP contribution in [-0.4, -0.2) is 23.1 Å². The van der Waals surface area contributed by atoms with Crippen LogP contribution in [0.15, 0.2) is 17.0 Å². The van der Waals surface area contributed by atoms with Crippen molar-refractivity contribution in [3.05, 3.63) is 27.7 Å². The Labute approximate surface area is 143 Å². The van der Waals surface area contributed by atoms with Gasteiger partial charge in [0.15, 0.2) is 17.3 Å². The highest BCUT2D eigenvalue weighted by Crippen LogP contribution is 2.37. The topological polar surface area (TPSA) is 51.2 Å². The highest BCUT2D eigenvalue weighted by molar-refractivity contribution is 7.99. The molecule has 0 amide bonds. The van der Waals surface area contributed by atoms with Crippen LogP contribution in [-0.2, 0) is 9.59 Å². The Hall–Kier alpha value is -0.840. The summed E-state index contributed by atoms with van der Waals surface area (Å²) in [4.78, 5) is 37.1. The molecular formula is C16H16Cl2O3S. The molecule has 6 heteroatoms. The maximum absolute atomic E-state index is 12.5. The fourth-order valence-corrected chi connectivity index (χ4v) is 3.86. The maximum atomic E-state index is 12.5. The summed E-state index contributed by atoms with van der Waals surface area (Å²) in [5.41, 5.74) is 0.154. The number of carbonyl (C=O) groups excluding carboxylic acids is 3. The van der Waals surface area contributed by atoms with Crippen LogP contribution < -0.4 is 0 Å². The summed E-state index contributed by atoms with van der Waals surface area (Å²) in [5, 5.41) is 0.431. The van der Waals surface area contributed by atoms with Crippen molar-refractivity contribution in [2.24, 2.45) is 5.92 Å². The summed E-state index contributed by atoms with van der Waals surface area (Å²) < 4.78 is 0. The lowest BCUT2D eigenvalue weighted by molar-refractivity contribution is -0.133. The Morgan fingerprint density at radius 2 is 1.82 bits per heavy atom. The molecule has 3 nitrogen and oxygen atoms in total. The number of carbonyl (C=O) groups is 3. The summed E-state index contributed by atoms with van der Waals surface area (Å²) in [6.07, 6.45) is 2.03. The average Bonchev–Trinajstić information content (AvgIpc) is 2.48. The van der Waals surface area contributed by atoms with E-state index in [0.717, 1.165) is 17.1 Å². The van der Waals surface area contributed by atoms with Gasteiger partial charge in [-0.05, 0) is 30.7 Å². The van der Waals surface area contributed by atoms with Crippen LogP contribution in [0.5, 0.6) is 0 Å². The molecule has 0 radical (unpaired) electrons. The molecule has 0 unspecified atom stereocenters. The Balaban J connectivity index is 2.32. The zero-order valence-corrected chi connectivity index (χ0v) is 14.5. The fraction of sp³-hybridized carbons (Fsp3) is 0.438. The van der Waals surface area contributed by atoms with Crippen molar-refractivity contribution in [2.75, 3.05) is 5.75 Å². The minimum Gasteiger partial charge on any atom is -0.298 e. The quantitative estimate of drug-likeness (QED) is 0.437. The molecule has 0 atom stereocenters. The first-order valence-corrected chi connectivity index (χ1v) is 8.92. The number of ketones is 3. The van der Waals surface area contributed by atoms with Crippen molar-refractivity contribution in [2.45, 2.75) is 37.5 Å². The van der Waals surface area contributed by atoms with Crippen molar-refractivity contribution in [1.82, 2.24) is 0 Å². The van der Waals surface area contributed by atoms with E-state index < -0.39 is 11.7 Å². The Bertz CT molecular complexity index is 612. The summed E-state index contributed by atoms with van der Waals surface area (Å²) in [5.74, 6) is -1.50. The van der Waals surface area contributed by atoms with Crippen molar-refractivity contribution in [3.63, 3.8) is 0 Å². The Morgan fingerprint density at radius 3 is 2.41 bits per heavy atom. The molecule has 1 saturated carbocycles. The number of hydrogen-bond acceptors (Lipinski definition) is 4. The molecule has 0 aliphatic heterocycles. The number of rotatable bonds is 5. The molecule has 1 aromatic rings. The van der Waals surface area contributed by atoms with Gasteiger partial charge in [-0.25, -0.2) is 0 Å². The molecule has 0 heterocycles. The minimum atomic E-state index is -1.21. The normalized spacial score (nSPS) is 16.1. The highest BCUT2D eigenvalue weighted by atomic mass is 35.5. The molecule has 0 bridgehead atoms. The van der Waals surface area contributed by atoms with Gasteiger partial charge in [0.1, 0.15) is 5.92 Å². The maximum Gasteiger partial charge on any atom is 0.182 e. The third kappa shape index (κ3) is 3.55. The van der Waals surface area contributed by atoms with E-state index in [1.807, 2.05) is 0 Å². The number of Topliss-reactive ketones (excluding diaryl/α,β-unsaturated/α-hetero) is 3. The van der Waals surface area contributed by atoms with E-state index in [1.165, 1.54) is 0 Å². The van der Waals surface area contributed by atoms with E-state index in [1.54, 1.807) is 23.9 Å². The van der Waals surface area contributed by atoms with Gasteiger partial charge in [0.25, 0.3) is 0 Å². The van der Waals surface area contributed by atoms with Crippen LogP contribution >= 0.6 is 35.0 Å². The first kappa shape index (κ1) is 17.5. The molecule has 0 spiro atoms. The smallest absolute Gasteiger partial charge is 0.182 e. The predicted octanol–water partition coefficient (Wildman–Crippen LogP) is 4.62. The number of thioether (sulfide) groups is 1. The zero-order valence-electron chi connectivity index (χ0n) is 12.2. The second-order valence-electron chi connectivity index (χ2n) is 5.17. The summed E-state index contributed by atoms with van der Waals surface area (Å²) in [6.45, 7) is 2.06. The van der Waals surface area contributed by atoms with Gasteiger partial charge in [-0.15, -0.1) is 11.8 Å². The average molecular weight is 359 g/mol. The molecule has 0 saturated heterocycles. The molecule has 118 valence electrons. The lowest BCUT2D eigenvalue weighted by Crippen LogP contribution is -2.35. The molecule has 1 aliphatic carbocycles. The number of halogens is 2. The lowest BCUT2D eigenvalue weighted by atomic mass is 9.81. The molecule has 1 aliphatic rings. The molecular weight excluding hydrogens is 343 g/mol. The van der Waals surface area contributed by atoms with Crippen molar-refractivity contribution >= 4 is 52.3 Å². The van der Waals surface area contributed by atoms with Gasteiger partial charge in [0, 0.05) is 23.3 Å². The van der Waals surface area contributed by atoms with E-state index in [9.17, 15) is 14.4 Å². The standard InChI is InChI=1S/C16H16Cl2O3S/c1-2-8-22-12-7-6-9(14(17)15(12)18)16(21)13-10(19)4-3-5-11(13)20/h6-7,13H,2-5,8H2,1H3. The van der Waals surface area contributed by atoms with E-state index in [-0.39, 0.29) is 35.0 Å². The number of benzene rings is 1. The molecule has 0 aromatic heterocycles. The lowest BCUT2D eigenvalue weighted by Gasteiger charge is -2.19. The van der Waals surface area contributed by atoms with Crippen molar-refractivity contribution < 1.29 is 14.4 Å². The van der Waals surface area contributed by atoms with Crippen LogP contribution in [0, 0.1) is 5.92 Å². The van der Waals surface area contributed by atoms with Gasteiger partial charge < -0.3 is 0 Å². The van der Waals surface area contributed by atoms with Crippen molar-refractivity contribution in [1.29, 1.82) is 0 Å². The van der Waals surface area contributed by atoms with E-state index in [0.29, 0.717) is 11.4 Å². The van der Waals surface area contributed by atoms with Gasteiger partial charge in [-0.1, -0.05) is 30.1 Å². The monoisotopic (exact) mass is 358 g/mol. The molecule has 1 aromatic carbocycles. The SMILES string of the molecule is CCCSc1ccc(C(=O)C2C(=O)CCCC2=O)c(Cl)c1Cl. The highest BCUT2D eigenvalue weighted by Gasteiger charge is 2.37. The zero-order chi connectivity index (χ0) is 16.3. The number of hydrogen-bond donors (Lipinski definition) is 0. The first-order valence-electron chi connectivity index (χ1n) is 7.17. The van der Waals surface area contributed by atoms with Gasteiger partial charge in [-0.3, -0.25) is 14.4 Å². The molecule has 22 heavy (non-hydrogen) atoms. The predicted molar refractivity (Wildman–Crippen MR) is 89.2 cm³/mol. The third-order valence-electron chi connectivity index (χ3n) is 3.53. The van der Waals surface area contributed by atoms with Crippen LogP contribution in [0.4, 0.5) is 0 Å². The van der Waals surface area contributed by atoms with E-state index >= 15 is 0 Å². The molecule has 0 N–H and O–H groups in total. The van der Waals surface area contributed by atoms with E-state index in [4.69, 9.17) is 23.2 Å². The van der Waals surface area contributed by atoms with Crippen LogP contribution in [0.25, 0.3) is 0 Å². The second kappa shape index (κ2) is 7.62. The largest absolute Gasteiger partial charge is 0.298 e. The molecule has 2 rings (SSSR count). The Morgan fingerprint density at radius 1 is 1.18 bits per heavy atom. The fourth-order valence-electron chi connectivity index (χ4n) is 2.40.